The lowest BCUT2D eigenvalue weighted by Gasteiger charge is -2.30. The van der Waals surface area contributed by atoms with E-state index >= 15 is 0 Å². The van der Waals surface area contributed by atoms with Gasteiger partial charge < -0.3 is 10.2 Å². The number of benzene rings is 1. The second-order valence-electron chi connectivity index (χ2n) is 6.50. The number of piperidine rings is 1. The molecular formula is C20H24FN3O. The van der Waals surface area contributed by atoms with Crippen LogP contribution in [0.5, 0.6) is 0 Å². The summed E-state index contributed by atoms with van der Waals surface area (Å²) in [6.45, 7) is 2.84. The maximum Gasteiger partial charge on any atom is 0.227 e. The molecule has 25 heavy (non-hydrogen) atoms. The van der Waals surface area contributed by atoms with Crippen LogP contribution in [0.2, 0.25) is 0 Å². The molecule has 0 spiro atoms. The molecule has 0 bridgehead atoms. The summed E-state index contributed by atoms with van der Waals surface area (Å²) in [5, 5.41) is 3.31. The van der Waals surface area contributed by atoms with E-state index in [1.165, 1.54) is 12.1 Å². The SMILES string of the molecule is O=C([C@@H]1CCCNC1)N(CCc1ccccn1)Cc1ccc(F)cc1. The monoisotopic (exact) mass is 341 g/mol. The van der Waals surface area contributed by atoms with Crippen molar-refractivity contribution < 1.29 is 9.18 Å². The number of nitrogens with zero attached hydrogens (tertiary/aromatic N) is 2. The quantitative estimate of drug-likeness (QED) is 0.879. The molecule has 0 saturated carbocycles. The minimum atomic E-state index is -0.258. The van der Waals surface area contributed by atoms with E-state index in [9.17, 15) is 9.18 Å². The molecule has 0 unspecified atom stereocenters. The number of hydrogen-bond donors (Lipinski definition) is 1. The number of carbonyl (C=O) groups excluding carboxylic acids is 1. The maximum absolute atomic E-state index is 13.1. The van der Waals surface area contributed by atoms with Gasteiger partial charge in [-0.1, -0.05) is 18.2 Å². The Labute approximate surface area is 148 Å². The second-order valence-corrected chi connectivity index (χ2v) is 6.50. The molecule has 0 aliphatic carbocycles. The van der Waals surface area contributed by atoms with E-state index in [-0.39, 0.29) is 17.6 Å². The van der Waals surface area contributed by atoms with E-state index in [4.69, 9.17) is 0 Å². The zero-order chi connectivity index (χ0) is 17.5. The van der Waals surface area contributed by atoms with Gasteiger partial charge in [0.15, 0.2) is 0 Å². The van der Waals surface area contributed by atoms with Gasteiger partial charge in [-0.15, -0.1) is 0 Å². The van der Waals surface area contributed by atoms with Crippen molar-refractivity contribution in [1.82, 2.24) is 15.2 Å². The van der Waals surface area contributed by atoms with Crippen LogP contribution in [0.4, 0.5) is 4.39 Å². The van der Waals surface area contributed by atoms with Gasteiger partial charge in [0, 0.05) is 37.9 Å². The molecule has 1 saturated heterocycles. The number of carbonyl (C=O) groups is 1. The van der Waals surface area contributed by atoms with Gasteiger partial charge in [-0.3, -0.25) is 9.78 Å². The molecule has 1 aliphatic rings. The average Bonchev–Trinajstić information content (AvgIpc) is 2.67. The van der Waals surface area contributed by atoms with E-state index in [2.05, 4.69) is 10.3 Å². The Morgan fingerprint density at radius 1 is 1.24 bits per heavy atom. The fourth-order valence-electron chi connectivity index (χ4n) is 3.19. The number of halogens is 1. The molecule has 4 nitrogen and oxygen atoms in total. The van der Waals surface area contributed by atoms with Gasteiger partial charge in [0.25, 0.3) is 0 Å². The van der Waals surface area contributed by atoms with Gasteiger partial charge in [-0.2, -0.15) is 0 Å². The molecule has 0 radical (unpaired) electrons. The summed E-state index contributed by atoms with van der Waals surface area (Å²) in [6, 6.07) is 12.2. The third kappa shape index (κ3) is 5.10. The highest BCUT2D eigenvalue weighted by molar-refractivity contribution is 5.79. The Bertz CT molecular complexity index is 669. The normalized spacial score (nSPS) is 17.2. The summed E-state index contributed by atoms with van der Waals surface area (Å²) in [6.07, 6.45) is 4.44. The molecule has 2 heterocycles. The number of hydrogen-bond acceptors (Lipinski definition) is 3. The van der Waals surface area contributed by atoms with Gasteiger partial charge in [0.1, 0.15) is 5.82 Å². The van der Waals surface area contributed by atoms with Crippen LogP contribution >= 0.6 is 0 Å². The predicted molar refractivity (Wildman–Crippen MR) is 95.4 cm³/mol. The van der Waals surface area contributed by atoms with Crippen molar-refractivity contribution in [1.29, 1.82) is 0 Å². The summed E-state index contributed by atoms with van der Waals surface area (Å²) in [7, 11) is 0. The van der Waals surface area contributed by atoms with E-state index in [1.54, 1.807) is 18.3 Å². The van der Waals surface area contributed by atoms with Crippen molar-refractivity contribution in [2.24, 2.45) is 5.92 Å². The highest BCUT2D eigenvalue weighted by Crippen LogP contribution is 2.16. The summed E-state index contributed by atoms with van der Waals surface area (Å²) in [5.74, 6) is -0.0584. The summed E-state index contributed by atoms with van der Waals surface area (Å²) < 4.78 is 13.1. The lowest BCUT2D eigenvalue weighted by Crippen LogP contribution is -2.43. The largest absolute Gasteiger partial charge is 0.338 e. The summed E-state index contributed by atoms with van der Waals surface area (Å²) >= 11 is 0. The summed E-state index contributed by atoms with van der Waals surface area (Å²) in [4.78, 5) is 19.2. The highest BCUT2D eigenvalue weighted by atomic mass is 19.1. The van der Waals surface area contributed by atoms with Gasteiger partial charge in [0.05, 0.1) is 5.92 Å². The molecule has 3 rings (SSSR count). The number of nitrogens with one attached hydrogen (secondary N) is 1. The Kier molecular flexibility index (Phi) is 6.12. The Balaban J connectivity index is 1.69. The maximum atomic E-state index is 13.1. The lowest BCUT2D eigenvalue weighted by molar-refractivity contribution is -0.136. The van der Waals surface area contributed by atoms with E-state index in [0.717, 1.165) is 37.2 Å². The van der Waals surface area contributed by atoms with Crippen molar-refractivity contribution in [2.75, 3.05) is 19.6 Å². The van der Waals surface area contributed by atoms with Crippen molar-refractivity contribution >= 4 is 5.91 Å². The smallest absolute Gasteiger partial charge is 0.227 e. The fraction of sp³-hybridized carbons (Fsp3) is 0.400. The van der Waals surface area contributed by atoms with Gasteiger partial charge in [-0.05, 0) is 49.2 Å². The van der Waals surface area contributed by atoms with Crippen molar-refractivity contribution in [3.63, 3.8) is 0 Å². The number of rotatable bonds is 6. The predicted octanol–water partition coefficient (Wildman–Crippen LogP) is 2.79. The average molecular weight is 341 g/mol. The van der Waals surface area contributed by atoms with Crippen LogP contribution in [0.3, 0.4) is 0 Å². The fourth-order valence-corrected chi connectivity index (χ4v) is 3.19. The van der Waals surface area contributed by atoms with Crippen LogP contribution in [0.25, 0.3) is 0 Å². The Morgan fingerprint density at radius 3 is 2.76 bits per heavy atom. The molecule has 1 N–H and O–H groups in total. The summed E-state index contributed by atoms with van der Waals surface area (Å²) in [5.41, 5.74) is 1.92. The lowest BCUT2D eigenvalue weighted by atomic mass is 9.97. The van der Waals surface area contributed by atoms with Gasteiger partial charge >= 0.3 is 0 Å². The molecule has 132 valence electrons. The zero-order valence-corrected chi connectivity index (χ0v) is 14.3. The minimum absolute atomic E-state index is 0.0259. The Morgan fingerprint density at radius 2 is 2.08 bits per heavy atom. The highest BCUT2D eigenvalue weighted by Gasteiger charge is 2.26. The molecule has 1 atom stereocenters. The van der Waals surface area contributed by atoms with Crippen molar-refractivity contribution in [3.05, 3.63) is 65.7 Å². The molecule has 5 heteroatoms. The van der Waals surface area contributed by atoms with Gasteiger partial charge in [-0.25, -0.2) is 4.39 Å². The van der Waals surface area contributed by atoms with E-state index in [0.29, 0.717) is 19.5 Å². The van der Waals surface area contributed by atoms with Crippen LogP contribution in [0, 0.1) is 11.7 Å². The number of amides is 1. The Hall–Kier alpha value is -2.27. The first-order valence-electron chi connectivity index (χ1n) is 8.86. The number of aromatic nitrogens is 1. The van der Waals surface area contributed by atoms with Crippen LogP contribution in [-0.2, 0) is 17.8 Å². The third-order valence-electron chi connectivity index (χ3n) is 4.61. The van der Waals surface area contributed by atoms with E-state index in [1.807, 2.05) is 23.1 Å². The van der Waals surface area contributed by atoms with Crippen LogP contribution in [-0.4, -0.2) is 35.4 Å². The zero-order valence-electron chi connectivity index (χ0n) is 14.3. The van der Waals surface area contributed by atoms with Gasteiger partial charge in [0.2, 0.25) is 5.91 Å². The molecule has 1 aromatic carbocycles. The molecular weight excluding hydrogens is 317 g/mol. The molecule has 1 aliphatic heterocycles. The first-order chi connectivity index (χ1) is 12.2. The minimum Gasteiger partial charge on any atom is -0.338 e. The van der Waals surface area contributed by atoms with Crippen LogP contribution in [0.15, 0.2) is 48.7 Å². The topological polar surface area (TPSA) is 45.2 Å². The first kappa shape index (κ1) is 17.5. The van der Waals surface area contributed by atoms with Crippen LogP contribution in [0.1, 0.15) is 24.1 Å². The molecule has 1 aromatic heterocycles. The molecule has 2 aromatic rings. The van der Waals surface area contributed by atoms with Crippen molar-refractivity contribution in [2.45, 2.75) is 25.8 Å². The first-order valence-corrected chi connectivity index (χ1v) is 8.86. The standard InChI is InChI=1S/C20H24FN3O/c21-18-8-6-16(7-9-18)15-24(13-10-19-5-1-2-12-23-19)20(25)17-4-3-11-22-14-17/h1-2,5-9,12,17,22H,3-4,10-11,13-15H2/t17-/m1/s1. The van der Waals surface area contributed by atoms with Crippen LogP contribution < -0.4 is 5.32 Å². The molecule has 1 amide bonds. The van der Waals surface area contributed by atoms with E-state index < -0.39 is 0 Å². The molecule has 1 fully saturated rings. The number of pyridine rings is 1. The second kappa shape index (κ2) is 8.72. The third-order valence-corrected chi connectivity index (χ3v) is 4.61. The van der Waals surface area contributed by atoms with Crippen molar-refractivity contribution in [3.8, 4) is 0 Å².